The van der Waals surface area contributed by atoms with E-state index in [2.05, 4.69) is 63.9 Å². The molecule has 4 N–H and O–H groups in total. The van der Waals surface area contributed by atoms with Gasteiger partial charge in [0, 0.05) is 34.9 Å². The number of nitrogens with zero attached hydrogens (tertiary/aromatic N) is 2. The van der Waals surface area contributed by atoms with Crippen LogP contribution in [0, 0.1) is 10.8 Å². The van der Waals surface area contributed by atoms with Crippen molar-refractivity contribution in [2.45, 2.75) is 0 Å². The molecule has 0 fully saturated rings. The lowest BCUT2D eigenvalue weighted by Gasteiger charge is -2.20. The lowest BCUT2D eigenvalue weighted by atomic mass is 9.91. The maximum atomic E-state index is 8.08. The Bertz CT molecular complexity index is 1820. The molecular formula is C32H25N5. The molecular weight excluding hydrogens is 454 g/mol. The topological polar surface area (TPSA) is 83.6 Å². The number of hydrogen-bond donors (Lipinski definition) is 3. The minimum atomic E-state index is 0.251. The van der Waals surface area contributed by atoms with Gasteiger partial charge in [0.15, 0.2) is 0 Å². The summed E-state index contributed by atoms with van der Waals surface area (Å²) >= 11 is 0. The molecule has 2 heterocycles. The monoisotopic (exact) mass is 479 g/mol. The molecule has 2 aromatic heterocycles. The zero-order valence-electron chi connectivity index (χ0n) is 20.1. The number of nitrogens with one attached hydrogen (secondary N) is 2. The van der Waals surface area contributed by atoms with Crippen molar-refractivity contribution in [3.63, 3.8) is 0 Å². The highest BCUT2D eigenvalue weighted by Crippen LogP contribution is 2.30. The van der Waals surface area contributed by atoms with Crippen molar-refractivity contribution in [2.24, 2.45) is 0 Å². The molecule has 6 aromatic rings. The van der Waals surface area contributed by atoms with E-state index in [1.165, 1.54) is 16.3 Å². The summed E-state index contributed by atoms with van der Waals surface area (Å²) in [5, 5.41) is 18.5. The normalized spacial score (nSPS) is 12.7. The van der Waals surface area contributed by atoms with Crippen molar-refractivity contribution < 1.29 is 0 Å². The summed E-state index contributed by atoms with van der Waals surface area (Å²) in [4.78, 5) is 0. The van der Waals surface area contributed by atoms with E-state index in [0.29, 0.717) is 0 Å². The van der Waals surface area contributed by atoms with Gasteiger partial charge in [-0.15, -0.1) is 0 Å². The molecule has 0 atom stereocenters. The summed E-state index contributed by atoms with van der Waals surface area (Å²) in [5.41, 5.74) is 13.2. The molecule has 178 valence electrons. The van der Waals surface area contributed by atoms with Gasteiger partial charge < -0.3 is 14.9 Å². The van der Waals surface area contributed by atoms with E-state index >= 15 is 0 Å². The van der Waals surface area contributed by atoms with E-state index in [0.717, 1.165) is 33.7 Å². The van der Waals surface area contributed by atoms with Crippen molar-refractivity contribution in [1.29, 1.82) is 10.8 Å². The van der Waals surface area contributed by atoms with E-state index < -0.39 is 0 Å². The first kappa shape index (κ1) is 22.3. The summed E-state index contributed by atoms with van der Waals surface area (Å²) in [6, 6.07) is 36.4. The average Bonchev–Trinajstić information content (AvgIpc) is 3.56. The predicted molar refractivity (Wildman–Crippen MR) is 154 cm³/mol. The summed E-state index contributed by atoms with van der Waals surface area (Å²) in [5.74, 6) is 0. The van der Waals surface area contributed by atoms with Crippen LogP contribution in [0.15, 0.2) is 128 Å². The van der Waals surface area contributed by atoms with Crippen molar-refractivity contribution in [3.8, 4) is 5.69 Å². The van der Waals surface area contributed by atoms with E-state index in [1.807, 2.05) is 66.9 Å². The number of rotatable bonds is 2. The number of anilines is 1. The van der Waals surface area contributed by atoms with Crippen LogP contribution >= 0.6 is 0 Å². The van der Waals surface area contributed by atoms with Gasteiger partial charge in [0.1, 0.15) is 0 Å². The molecule has 1 aliphatic rings. The molecule has 7 rings (SSSR count). The molecule has 0 radical (unpaired) electrons. The molecule has 0 amide bonds. The molecule has 1 aliphatic carbocycles. The third-order valence-electron chi connectivity index (χ3n) is 6.65. The minimum absolute atomic E-state index is 0.251. The Balaban J connectivity index is 0.000000141. The van der Waals surface area contributed by atoms with Crippen molar-refractivity contribution >= 4 is 44.6 Å². The van der Waals surface area contributed by atoms with Gasteiger partial charge in [-0.25, -0.2) is 0 Å². The Morgan fingerprint density at radius 2 is 1.08 bits per heavy atom. The Morgan fingerprint density at radius 1 is 0.541 bits per heavy atom. The molecule has 4 aromatic carbocycles. The number of para-hydroxylation sites is 2. The Hall–Kier alpha value is -5.16. The lowest BCUT2D eigenvalue weighted by Crippen LogP contribution is -2.20. The number of aromatic nitrogens is 2. The number of nitrogens with two attached hydrogens (primary N) is 1. The molecule has 0 bridgehead atoms. The second-order valence-corrected chi connectivity index (χ2v) is 8.94. The third kappa shape index (κ3) is 4.02. The first-order chi connectivity index (χ1) is 18.1. The van der Waals surface area contributed by atoms with Gasteiger partial charge in [0.2, 0.25) is 0 Å². The minimum Gasteiger partial charge on any atom is -0.399 e. The molecule has 5 heteroatoms. The van der Waals surface area contributed by atoms with Crippen LogP contribution in [0.25, 0.3) is 33.2 Å². The van der Waals surface area contributed by atoms with E-state index in [1.54, 1.807) is 6.08 Å². The number of nitrogen functional groups attached to an aromatic ring is 1. The second-order valence-electron chi connectivity index (χ2n) is 8.94. The van der Waals surface area contributed by atoms with Crippen molar-refractivity contribution in [3.05, 3.63) is 139 Å². The molecule has 37 heavy (non-hydrogen) atoms. The standard InChI is InChI=1S/C18H13N3.C14H12N2/c19-15-11-17(13-6-2-3-7-14(13)18(15)20)21-10-9-12-5-1-4-8-16(12)21;15-12-5-7-13(8-6-12)16-10-9-11-3-1-2-4-14(11)16/h1-11,19-20H;1-10H,15H2. The van der Waals surface area contributed by atoms with E-state index in [9.17, 15) is 0 Å². The van der Waals surface area contributed by atoms with E-state index in [-0.39, 0.29) is 11.4 Å². The quantitative estimate of drug-likeness (QED) is 0.227. The number of hydrogen-bond acceptors (Lipinski definition) is 3. The molecule has 0 unspecified atom stereocenters. The molecule has 5 nitrogen and oxygen atoms in total. The maximum absolute atomic E-state index is 8.08. The highest BCUT2D eigenvalue weighted by molar-refractivity contribution is 6.52. The smallest absolute Gasteiger partial charge is 0.0869 e. The van der Waals surface area contributed by atoms with Gasteiger partial charge in [-0.05, 0) is 65.4 Å². The fraction of sp³-hybridized carbons (Fsp3) is 0. The van der Waals surface area contributed by atoms with Crippen LogP contribution in [0.2, 0.25) is 0 Å². The molecule has 0 spiro atoms. The summed E-state index contributed by atoms with van der Waals surface area (Å²) in [6.45, 7) is 0. The predicted octanol–water partition coefficient (Wildman–Crippen LogP) is 7.14. The Kier molecular flexibility index (Phi) is 5.51. The van der Waals surface area contributed by atoms with Crippen molar-refractivity contribution in [1.82, 2.24) is 9.13 Å². The highest BCUT2D eigenvalue weighted by Gasteiger charge is 2.21. The summed E-state index contributed by atoms with van der Waals surface area (Å²) in [7, 11) is 0. The van der Waals surface area contributed by atoms with Gasteiger partial charge in [0.05, 0.1) is 28.2 Å². The third-order valence-corrected chi connectivity index (χ3v) is 6.65. The first-order valence-electron chi connectivity index (χ1n) is 12.1. The molecule has 0 saturated carbocycles. The fourth-order valence-corrected chi connectivity index (χ4v) is 4.79. The highest BCUT2D eigenvalue weighted by atomic mass is 15.0. The summed E-state index contributed by atoms with van der Waals surface area (Å²) < 4.78 is 4.25. The molecule has 0 aliphatic heterocycles. The molecule has 0 saturated heterocycles. The fourth-order valence-electron chi connectivity index (χ4n) is 4.79. The van der Waals surface area contributed by atoms with Crippen LogP contribution in [0.1, 0.15) is 11.1 Å². The van der Waals surface area contributed by atoms with Crippen LogP contribution in [0.5, 0.6) is 0 Å². The maximum Gasteiger partial charge on any atom is 0.0869 e. The van der Waals surface area contributed by atoms with Gasteiger partial charge in [-0.2, -0.15) is 0 Å². The van der Waals surface area contributed by atoms with Gasteiger partial charge >= 0.3 is 0 Å². The zero-order valence-corrected chi connectivity index (χ0v) is 20.1. The van der Waals surface area contributed by atoms with E-state index in [4.69, 9.17) is 16.6 Å². The average molecular weight is 480 g/mol. The van der Waals surface area contributed by atoms with Gasteiger partial charge in [0.25, 0.3) is 0 Å². The Morgan fingerprint density at radius 3 is 1.76 bits per heavy atom. The van der Waals surface area contributed by atoms with Crippen LogP contribution in [-0.4, -0.2) is 20.6 Å². The van der Waals surface area contributed by atoms with Crippen molar-refractivity contribution in [2.75, 3.05) is 5.73 Å². The van der Waals surface area contributed by atoms with Crippen LogP contribution in [0.3, 0.4) is 0 Å². The van der Waals surface area contributed by atoms with Crippen LogP contribution < -0.4 is 5.73 Å². The van der Waals surface area contributed by atoms with Crippen LogP contribution in [0.4, 0.5) is 5.69 Å². The largest absolute Gasteiger partial charge is 0.399 e. The SMILES string of the molecule is N=C1C=C(n2ccc3ccccc32)c2ccccc2C1=N.Nc1ccc(-n2ccc3ccccc32)cc1. The number of fused-ring (bicyclic) bond motifs is 3. The number of allylic oxidation sites excluding steroid dienone is 1. The Labute approximate surface area is 214 Å². The number of benzene rings is 4. The summed E-state index contributed by atoms with van der Waals surface area (Å²) in [6.07, 6.45) is 5.88. The lowest BCUT2D eigenvalue weighted by molar-refractivity contribution is 1.13. The van der Waals surface area contributed by atoms with Gasteiger partial charge in [-0.3, -0.25) is 10.8 Å². The van der Waals surface area contributed by atoms with Crippen LogP contribution in [-0.2, 0) is 0 Å². The zero-order chi connectivity index (χ0) is 25.4. The van der Waals surface area contributed by atoms with Gasteiger partial charge in [-0.1, -0.05) is 60.7 Å². The first-order valence-corrected chi connectivity index (χ1v) is 12.1. The second kappa shape index (κ2) is 9.13.